The zero-order valence-corrected chi connectivity index (χ0v) is 13.6. The molecule has 0 aliphatic rings. The Balaban J connectivity index is 3.23. The van der Waals surface area contributed by atoms with Crippen molar-refractivity contribution in [3.05, 3.63) is 18.0 Å². The van der Waals surface area contributed by atoms with Gasteiger partial charge in [0.15, 0.2) is 0 Å². The molecule has 21 heavy (non-hydrogen) atoms. The van der Waals surface area contributed by atoms with Crippen molar-refractivity contribution in [1.29, 1.82) is 0 Å². The van der Waals surface area contributed by atoms with E-state index < -0.39 is 22.7 Å². The maximum Gasteiger partial charge on any atom is 0.402 e. The van der Waals surface area contributed by atoms with E-state index in [0.717, 1.165) is 0 Å². The second-order valence-electron chi connectivity index (χ2n) is 4.85. The van der Waals surface area contributed by atoms with Crippen LogP contribution >= 0.6 is 11.6 Å². The molecule has 0 aromatic carbocycles. The van der Waals surface area contributed by atoms with Crippen molar-refractivity contribution in [2.75, 3.05) is 13.1 Å². The number of nitrogens with zero attached hydrogens (tertiary/aromatic N) is 2. The molecule has 0 bridgehead atoms. The van der Waals surface area contributed by atoms with E-state index >= 15 is 0 Å². The highest BCUT2D eigenvalue weighted by molar-refractivity contribution is 7.89. The van der Waals surface area contributed by atoms with E-state index in [0.29, 0.717) is 10.00 Å². The SMILES string of the molecule is CCN(CC(F)(F)F)S(=O)(=O)c1cc(CCl)n(C(C)C)c1. The first kappa shape index (κ1) is 18.3. The Morgan fingerprint density at radius 3 is 2.29 bits per heavy atom. The van der Waals surface area contributed by atoms with Crippen LogP contribution in [-0.4, -0.2) is 36.6 Å². The van der Waals surface area contributed by atoms with E-state index in [1.54, 1.807) is 4.57 Å². The van der Waals surface area contributed by atoms with Gasteiger partial charge in [-0.25, -0.2) is 8.42 Å². The number of hydrogen-bond donors (Lipinski definition) is 0. The first-order chi connectivity index (χ1) is 9.52. The summed E-state index contributed by atoms with van der Waals surface area (Å²) in [7, 11) is -4.20. The molecule has 0 aliphatic heterocycles. The molecule has 122 valence electrons. The van der Waals surface area contributed by atoms with Crippen molar-refractivity contribution < 1.29 is 21.6 Å². The average Bonchev–Trinajstić information content (AvgIpc) is 2.79. The number of sulfonamides is 1. The Morgan fingerprint density at radius 1 is 1.38 bits per heavy atom. The van der Waals surface area contributed by atoms with E-state index in [2.05, 4.69) is 0 Å². The van der Waals surface area contributed by atoms with E-state index in [1.165, 1.54) is 19.2 Å². The number of alkyl halides is 4. The molecule has 0 unspecified atom stereocenters. The lowest BCUT2D eigenvalue weighted by molar-refractivity contribution is -0.135. The predicted molar refractivity (Wildman–Crippen MR) is 74.9 cm³/mol. The Morgan fingerprint density at radius 2 is 1.95 bits per heavy atom. The summed E-state index contributed by atoms with van der Waals surface area (Å²) in [5, 5.41) is 0. The molecule has 4 nitrogen and oxygen atoms in total. The van der Waals surface area contributed by atoms with Crippen LogP contribution in [0.5, 0.6) is 0 Å². The number of aromatic nitrogens is 1. The van der Waals surface area contributed by atoms with Gasteiger partial charge in [0, 0.05) is 24.5 Å². The van der Waals surface area contributed by atoms with Crippen LogP contribution in [0.1, 0.15) is 32.5 Å². The van der Waals surface area contributed by atoms with Gasteiger partial charge in [-0.15, -0.1) is 11.6 Å². The molecule has 0 N–H and O–H groups in total. The van der Waals surface area contributed by atoms with Crippen molar-refractivity contribution in [3.8, 4) is 0 Å². The van der Waals surface area contributed by atoms with Gasteiger partial charge in [-0.3, -0.25) is 0 Å². The third-order valence-electron chi connectivity index (χ3n) is 2.95. The molecule has 0 saturated carbocycles. The van der Waals surface area contributed by atoms with Crippen LogP contribution in [0.2, 0.25) is 0 Å². The van der Waals surface area contributed by atoms with E-state index in [1.807, 2.05) is 13.8 Å². The van der Waals surface area contributed by atoms with Crippen LogP contribution < -0.4 is 0 Å². The summed E-state index contributed by atoms with van der Waals surface area (Å²) in [4.78, 5) is -0.169. The maximum absolute atomic E-state index is 12.5. The second kappa shape index (κ2) is 6.58. The van der Waals surface area contributed by atoms with E-state index in [9.17, 15) is 21.6 Å². The van der Waals surface area contributed by atoms with Crippen molar-refractivity contribution in [3.63, 3.8) is 0 Å². The minimum atomic E-state index is -4.58. The molecular weight excluding hydrogens is 329 g/mol. The molecule has 0 saturated heterocycles. The van der Waals surface area contributed by atoms with Crippen LogP contribution in [0, 0.1) is 0 Å². The summed E-state index contributed by atoms with van der Waals surface area (Å²) >= 11 is 5.75. The highest BCUT2D eigenvalue weighted by atomic mass is 35.5. The smallest absolute Gasteiger partial charge is 0.346 e. The van der Waals surface area contributed by atoms with Crippen LogP contribution in [0.3, 0.4) is 0 Å². The first-order valence-electron chi connectivity index (χ1n) is 6.36. The van der Waals surface area contributed by atoms with Crippen molar-refractivity contribution in [2.24, 2.45) is 0 Å². The largest absolute Gasteiger partial charge is 0.402 e. The van der Waals surface area contributed by atoms with Crippen molar-refractivity contribution in [1.82, 2.24) is 8.87 Å². The van der Waals surface area contributed by atoms with Gasteiger partial charge in [-0.2, -0.15) is 17.5 Å². The Labute approximate surface area is 127 Å². The van der Waals surface area contributed by atoms with Crippen molar-refractivity contribution >= 4 is 21.6 Å². The molecule has 0 fully saturated rings. The lowest BCUT2D eigenvalue weighted by Gasteiger charge is -2.21. The number of halogens is 4. The third kappa shape index (κ3) is 4.37. The maximum atomic E-state index is 12.5. The lowest BCUT2D eigenvalue weighted by Crippen LogP contribution is -2.38. The normalized spacial score (nSPS) is 13.4. The summed E-state index contributed by atoms with van der Waals surface area (Å²) in [6.45, 7) is 3.27. The van der Waals surface area contributed by atoms with Crippen LogP contribution in [0.4, 0.5) is 13.2 Å². The third-order valence-corrected chi connectivity index (χ3v) is 5.11. The molecule has 1 heterocycles. The minimum Gasteiger partial charge on any atom is -0.346 e. The summed E-state index contributed by atoms with van der Waals surface area (Å²) in [6, 6.07) is 1.28. The van der Waals surface area contributed by atoms with Gasteiger partial charge in [0.2, 0.25) is 10.0 Å². The molecule has 0 atom stereocenters. The summed E-state index contributed by atoms with van der Waals surface area (Å²) in [5.41, 5.74) is 0.549. The molecular formula is C12H18ClF3N2O2S. The fourth-order valence-electron chi connectivity index (χ4n) is 1.94. The minimum absolute atomic E-state index is 0.0413. The summed E-state index contributed by atoms with van der Waals surface area (Å²) in [5.74, 6) is 0.0824. The van der Waals surface area contributed by atoms with Gasteiger partial charge in [0.05, 0.1) is 5.88 Å². The molecule has 1 rings (SSSR count). The topological polar surface area (TPSA) is 42.3 Å². The number of rotatable bonds is 6. The fourth-order valence-corrected chi connectivity index (χ4v) is 3.64. The van der Waals surface area contributed by atoms with Crippen LogP contribution in [-0.2, 0) is 15.9 Å². The Kier molecular flexibility index (Phi) is 5.74. The van der Waals surface area contributed by atoms with Gasteiger partial charge in [0.1, 0.15) is 11.4 Å². The predicted octanol–water partition coefficient (Wildman–Crippen LogP) is 3.38. The average molecular weight is 347 g/mol. The number of hydrogen-bond acceptors (Lipinski definition) is 2. The summed E-state index contributed by atoms with van der Waals surface area (Å²) < 4.78 is 64.1. The van der Waals surface area contributed by atoms with Gasteiger partial charge in [-0.05, 0) is 19.9 Å². The molecule has 1 aromatic heterocycles. The molecule has 0 spiro atoms. The molecule has 9 heteroatoms. The first-order valence-corrected chi connectivity index (χ1v) is 8.34. The van der Waals surface area contributed by atoms with Gasteiger partial charge >= 0.3 is 6.18 Å². The standard InChI is InChI=1S/C12H18ClF3N2O2S/c1-4-17(8-12(14,15)16)21(19,20)11-5-10(6-13)18(7-11)9(2)3/h5,7,9H,4,6,8H2,1-3H3. The Hall–Kier alpha value is -0.730. The van der Waals surface area contributed by atoms with Gasteiger partial charge < -0.3 is 4.57 Å². The highest BCUT2D eigenvalue weighted by Gasteiger charge is 2.36. The lowest BCUT2D eigenvalue weighted by atomic mass is 10.4. The zero-order valence-electron chi connectivity index (χ0n) is 12.0. The highest BCUT2D eigenvalue weighted by Crippen LogP contribution is 2.26. The molecule has 0 amide bonds. The monoisotopic (exact) mass is 346 g/mol. The zero-order chi connectivity index (χ0) is 16.4. The molecule has 0 radical (unpaired) electrons. The second-order valence-corrected chi connectivity index (χ2v) is 7.05. The van der Waals surface area contributed by atoms with E-state index in [-0.39, 0.29) is 23.4 Å². The van der Waals surface area contributed by atoms with Crippen LogP contribution in [0.25, 0.3) is 0 Å². The van der Waals surface area contributed by atoms with E-state index in [4.69, 9.17) is 11.6 Å². The Bertz CT molecular complexity index is 582. The quantitative estimate of drug-likeness (QED) is 0.741. The molecule has 0 aliphatic carbocycles. The van der Waals surface area contributed by atoms with Gasteiger partial charge in [-0.1, -0.05) is 6.92 Å². The fraction of sp³-hybridized carbons (Fsp3) is 0.667. The van der Waals surface area contributed by atoms with Crippen LogP contribution in [0.15, 0.2) is 17.2 Å². The van der Waals surface area contributed by atoms with Crippen molar-refractivity contribution in [2.45, 2.75) is 43.8 Å². The summed E-state index contributed by atoms with van der Waals surface area (Å²) in [6.07, 6.45) is -3.25. The van der Waals surface area contributed by atoms with Gasteiger partial charge in [0.25, 0.3) is 0 Å². The molecule has 1 aromatic rings.